The van der Waals surface area contributed by atoms with Gasteiger partial charge in [0.15, 0.2) is 0 Å². The maximum Gasteiger partial charge on any atom is 0.0710 e. The van der Waals surface area contributed by atoms with Gasteiger partial charge in [-0.15, -0.1) is 0 Å². The Morgan fingerprint density at radius 2 is 1.35 bits per heavy atom. The highest BCUT2D eigenvalue weighted by Crippen LogP contribution is 2.60. The van der Waals surface area contributed by atoms with Gasteiger partial charge >= 0.3 is 0 Å². The molecule has 2 heteroatoms. The van der Waals surface area contributed by atoms with Gasteiger partial charge in [0, 0.05) is 12.1 Å². The molecule has 6 rings (SSSR count). The maximum atomic E-state index is 11.6. The van der Waals surface area contributed by atoms with Crippen LogP contribution in [0.4, 0.5) is 0 Å². The van der Waals surface area contributed by atoms with Crippen molar-refractivity contribution in [2.45, 2.75) is 81.9 Å². The second-order valence-corrected chi connectivity index (χ2v) is 8.96. The fourth-order valence-corrected chi connectivity index (χ4v) is 7.44. The maximum absolute atomic E-state index is 11.6. The van der Waals surface area contributed by atoms with Crippen molar-refractivity contribution >= 4 is 0 Å². The Labute approximate surface area is 122 Å². The van der Waals surface area contributed by atoms with E-state index in [1.807, 2.05) is 0 Å². The summed E-state index contributed by atoms with van der Waals surface area (Å²) in [6.45, 7) is 0. The van der Waals surface area contributed by atoms with E-state index >= 15 is 0 Å². The van der Waals surface area contributed by atoms with Crippen molar-refractivity contribution in [1.82, 2.24) is 5.32 Å². The van der Waals surface area contributed by atoms with Crippen LogP contribution in [0.1, 0.15) is 64.2 Å². The molecule has 0 spiro atoms. The lowest BCUT2D eigenvalue weighted by Crippen LogP contribution is -2.63. The molecule has 0 amide bonds. The molecule has 2 N–H and O–H groups in total. The third-order valence-electron chi connectivity index (χ3n) is 7.62. The molecule has 2 aliphatic heterocycles. The van der Waals surface area contributed by atoms with E-state index in [4.69, 9.17) is 0 Å². The zero-order chi connectivity index (χ0) is 13.3. The fourth-order valence-electron chi connectivity index (χ4n) is 7.44. The first-order valence-corrected chi connectivity index (χ1v) is 9.18. The Hall–Kier alpha value is -0.0800. The summed E-state index contributed by atoms with van der Waals surface area (Å²) in [7, 11) is 0. The third-order valence-corrected chi connectivity index (χ3v) is 7.62. The highest BCUT2D eigenvalue weighted by Gasteiger charge is 2.57. The van der Waals surface area contributed by atoms with Gasteiger partial charge in [-0.25, -0.2) is 0 Å². The Kier molecular flexibility index (Phi) is 2.63. The fraction of sp³-hybridized carbons (Fsp3) is 1.00. The minimum Gasteiger partial charge on any atom is -0.389 e. The molecular formula is C18H29NO. The van der Waals surface area contributed by atoms with Gasteiger partial charge in [0.2, 0.25) is 0 Å². The van der Waals surface area contributed by atoms with E-state index in [1.165, 1.54) is 51.4 Å². The largest absolute Gasteiger partial charge is 0.389 e. The van der Waals surface area contributed by atoms with E-state index in [0.717, 1.165) is 36.5 Å². The van der Waals surface area contributed by atoms with Crippen LogP contribution in [0.5, 0.6) is 0 Å². The highest BCUT2D eigenvalue weighted by atomic mass is 16.3. The first kappa shape index (κ1) is 12.5. The summed E-state index contributed by atoms with van der Waals surface area (Å²) in [4.78, 5) is 0. The van der Waals surface area contributed by atoms with Gasteiger partial charge in [-0.3, -0.25) is 0 Å². The third kappa shape index (κ3) is 1.76. The first-order chi connectivity index (χ1) is 9.69. The second-order valence-electron chi connectivity index (χ2n) is 8.96. The Morgan fingerprint density at radius 1 is 0.800 bits per heavy atom. The summed E-state index contributed by atoms with van der Waals surface area (Å²) >= 11 is 0. The normalized spacial score (nSPS) is 60.8. The van der Waals surface area contributed by atoms with E-state index in [1.54, 1.807) is 0 Å². The molecule has 112 valence electrons. The van der Waals surface area contributed by atoms with E-state index < -0.39 is 0 Å². The molecule has 2 nitrogen and oxygen atoms in total. The molecule has 6 fully saturated rings. The lowest BCUT2D eigenvalue weighted by atomic mass is 9.47. The summed E-state index contributed by atoms with van der Waals surface area (Å²) in [5.41, 5.74) is -0.316. The zero-order valence-corrected chi connectivity index (χ0v) is 12.6. The topological polar surface area (TPSA) is 32.3 Å². The summed E-state index contributed by atoms with van der Waals surface area (Å²) in [6, 6.07) is 1.23. The molecule has 0 radical (unpaired) electrons. The van der Waals surface area contributed by atoms with E-state index in [0.29, 0.717) is 18.0 Å². The minimum atomic E-state index is -0.316. The van der Waals surface area contributed by atoms with E-state index in [9.17, 15) is 5.11 Å². The van der Waals surface area contributed by atoms with Crippen molar-refractivity contribution in [2.75, 3.05) is 0 Å². The molecule has 4 saturated carbocycles. The van der Waals surface area contributed by atoms with Gasteiger partial charge in [-0.1, -0.05) is 6.42 Å². The predicted molar refractivity (Wildman–Crippen MR) is 79.3 cm³/mol. The molecule has 4 aliphatic carbocycles. The van der Waals surface area contributed by atoms with Crippen molar-refractivity contribution in [2.24, 2.45) is 29.6 Å². The summed E-state index contributed by atoms with van der Waals surface area (Å²) in [5.74, 6) is 4.45. The number of piperidine rings is 2. The van der Waals surface area contributed by atoms with Gasteiger partial charge in [0.1, 0.15) is 0 Å². The van der Waals surface area contributed by atoms with Crippen LogP contribution in [0.25, 0.3) is 0 Å². The van der Waals surface area contributed by atoms with Crippen LogP contribution in [0.3, 0.4) is 0 Å². The van der Waals surface area contributed by atoms with Crippen molar-refractivity contribution in [3.05, 3.63) is 0 Å². The Bertz CT molecular complexity index is 366. The van der Waals surface area contributed by atoms with Crippen LogP contribution in [-0.4, -0.2) is 22.8 Å². The van der Waals surface area contributed by atoms with Crippen LogP contribution in [0.2, 0.25) is 0 Å². The average Bonchev–Trinajstić information content (AvgIpc) is 2.36. The Morgan fingerprint density at radius 3 is 1.90 bits per heavy atom. The molecule has 2 saturated heterocycles. The van der Waals surface area contributed by atoms with Gasteiger partial charge in [-0.2, -0.15) is 0 Å². The molecule has 2 heterocycles. The van der Waals surface area contributed by atoms with E-state index in [-0.39, 0.29) is 5.60 Å². The molecule has 6 aliphatic rings. The van der Waals surface area contributed by atoms with Crippen LogP contribution in [0, 0.1) is 29.6 Å². The smallest absolute Gasteiger partial charge is 0.0710 e. The number of hydrogen-bond donors (Lipinski definition) is 2. The molecule has 0 aromatic rings. The van der Waals surface area contributed by atoms with Crippen molar-refractivity contribution in [1.29, 1.82) is 0 Å². The van der Waals surface area contributed by atoms with Crippen LogP contribution >= 0.6 is 0 Å². The number of rotatable bonds is 1. The SMILES string of the molecule is OC1(C2C3CC4CC(C3)CC2C4)CC2CCCC(C1)N2. The van der Waals surface area contributed by atoms with Gasteiger partial charge in [-0.05, 0) is 87.4 Å². The number of aliphatic hydroxyl groups is 1. The Balaban J connectivity index is 1.44. The molecule has 2 atom stereocenters. The predicted octanol–water partition coefficient (Wildman–Crippen LogP) is 3.09. The molecule has 0 aromatic carbocycles. The molecule has 20 heavy (non-hydrogen) atoms. The quantitative estimate of drug-likeness (QED) is 0.771. The van der Waals surface area contributed by atoms with Gasteiger partial charge < -0.3 is 10.4 Å². The average molecular weight is 275 g/mol. The number of fused-ring (bicyclic) bond motifs is 2. The van der Waals surface area contributed by atoms with Crippen LogP contribution < -0.4 is 5.32 Å². The second kappa shape index (κ2) is 4.23. The minimum absolute atomic E-state index is 0.316. The monoisotopic (exact) mass is 275 g/mol. The molecule has 0 aromatic heterocycles. The van der Waals surface area contributed by atoms with Gasteiger partial charge in [0.25, 0.3) is 0 Å². The summed E-state index contributed by atoms with van der Waals surface area (Å²) in [6.07, 6.45) is 13.4. The summed E-state index contributed by atoms with van der Waals surface area (Å²) < 4.78 is 0. The lowest BCUT2D eigenvalue weighted by molar-refractivity contribution is -0.166. The van der Waals surface area contributed by atoms with Crippen LogP contribution in [-0.2, 0) is 0 Å². The van der Waals surface area contributed by atoms with Gasteiger partial charge in [0.05, 0.1) is 5.60 Å². The van der Waals surface area contributed by atoms with E-state index in [2.05, 4.69) is 5.32 Å². The number of nitrogens with one attached hydrogen (secondary N) is 1. The van der Waals surface area contributed by atoms with Crippen LogP contribution in [0.15, 0.2) is 0 Å². The first-order valence-electron chi connectivity index (χ1n) is 9.18. The number of hydrogen-bond acceptors (Lipinski definition) is 2. The molecule has 6 bridgehead atoms. The molecule has 2 unspecified atom stereocenters. The zero-order valence-electron chi connectivity index (χ0n) is 12.6. The standard InChI is InChI=1S/C18H29NO/c20-18(9-15-2-1-3-16(10-18)19-15)17-13-5-11-4-12(7-13)8-14(17)6-11/h11-17,19-20H,1-10H2. The lowest BCUT2D eigenvalue weighted by Gasteiger charge is -2.61. The van der Waals surface area contributed by atoms with Crippen molar-refractivity contribution in [3.63, 3.8) is 0 Å². The van der Waals surface area contributed by atoms with Crippen molar-refractivity contribution in [3.8, 4) is 0 Å². The highest BCUT2D eigenvalue weighted by molar-refractivity contribution is 5.09. The molecular weight excluding hydrogens is 246 g/mol. The summed E-state index contributed by atoms with van der Waals surface area (Å²) in [5, 5.41) is 15.3. The van der Waals surface area contributed by atoms with Crippen molar-refractivity contribution < 1.29 is 5.11 Å².